The highest BCUT2D eigenvalue weighted by Crippen LogP contribution is 2.10. The summed E-state index contributed by atoms with van der Waals surface area (Å²) in [5.41, 5.74) is -0.0111. The van der Waals surface area contributed by atoms with E-state index in [4.69, 9.17) is 9.84 Å². The molecule has 0 amide bonds. The van der Waals surface area contributed by atoms with Gasteiger partial charge >= 0.3 is 5.97 Å². The van der Waals surface area contributed by atoms with Gasteiger partial charge in [-0.2, -0.15) is 0 Å². The van der Waals surface area contributed by atoms with E-state index in [0.717, 1.165) is 0 Å². The minimum absolute atomic E-state index is 0.0111. The topological polar surface area (TPSA) is 59.4 Å². The molecule has 4 heteroatoms. The molecule has 0 fully saturated rings. The number of carbonyl (C=O) groups is 1. The smallest absolute Gasteiger partial charge is 0.354 e. The van der Waals surface area contributed by atoms with Gasteiger partial charge in [0.2, 0.25) is 0 Å². The van der Waals surface area contributed by atoms with Gasteiger partial charge in [-0.15, -0.1) is 0 Å². The SMILES string of the molecule is CC=CCOc1ccnc(C(=O)O)c1. The van der Waals surface area contributed by atoms with Crippen molar-refractivity contribution in [2.75, 3.05) is 6.61 Å². The molecule has 74 valence electrons. The van der Waals surface area contributed by atoms with Gasteiger partial charge in [-0.25, -0.2) is 9.78 Å². The first-order valence-electron chi connectivity index (χ1n) is 4.17. The van der Waals surface area contributed by atoms with Crippen molar-refractivity contribution < 1.29 is 14.6 Å². The molecule has 1 aromatic heterocycles. The van der Waals surface area contributed by atoms with Crippen LogP contribution in [-0.2, 0) is 0 Å². The Balaban J connectivity index is 2.68. The van der Waals surface area contributed by atoms with Gasteiger partial charge in [0.25, 0.3) is 0 Å². The molecular formula is C10H11NO3. The third-order valence-corrected chi connectivity index (χ3v) is 1.53. The predicted molar refractivity (Wildman–Crippen MR) is 51.5 cm³/mol. The number of pyridine rings is 1. The molecule has 0 aliphatic carbocycles. The molecule has 1 N–H and O–H groups in total. The molecule has 0 unspecified atom stereocenters. The lowest BCUT2D eigenvalue weighted by Crippen LogP contribution is -2.01. The fourth-order valence-corrected chi connectivity index (χ4v) is 0.858. The summed E-state index contributed by atoms with van der Waals surface area (Å²) in [5, 5.41) is 8.65. The highest BCUT2D eigenvalue weighted by atomic mass is 16.5. The number of carboxylic acid groups (broad SMARTS) is 1. The Bertz CT molecular complexity index is 347. The van der Waals surface area contributed by atoms with Gasteiger partial charge in [-0.1, -0.05) is 12.2 Å². The van der Waals surface area contributed by atoms with Crippen LogP contribution in [0.25, 0.3) is 0 Å². The largest absolute Gasteiger partial charge is 0.489 e. The Hall–Kier alpha value is -1.84. The Labute approximate surface area is 81.9 Å². The first-order valence-corrected chi connectivity index (χ1v) is 4.17. The molecule has 0 saturated carbocycles. The number of allylic oxidation sites excluding steroid dienone is 1. The van der Waals surface area contributed by atoms with Crippen LogP contribution in [0.1, 0.15) is 17.4 Å². The van der Waals surface area contributed by atoms with Crippen molar-refractivity contribution in [3.63, 3.8) is 0 Å². The van der Waals surface area contributed by atoms with Crippen LogP contribution in [0.4, 0.5) is 0 Å². The van der Waals surface area contributed by atoms with E-state index in [2.05, 4.69) is 4.98 Å². The number of rotatable bonds is 4. The van der Waals surface area contributed by atoms with E-state index in [1.54, 1.807) is 6.07 Å². The Morgan fingerprint density at radius 2 is 2.50 bits per heavy atom. The van der Waals surface area contributed by atoms with Crippen LogP contribution >= 0.6 is 0 Å². The van der Waals surface area contributed by atoms with Gasteiger partial charge in [0, 0.05) is 12.3 Å². The summed E-state index contributed by atoms with van der Waals surface area (Å²) < 4.78 is 5.25. The molecule has 14 heavy (non-hydrogen) atoms. The molecule has 0 radical (unpaired) electrons. The lowest BCUT2D eigenvalue weighted by Gasteiger charge is -2.02. The standard InChI is InChI=1S/C10H11NO3/c1-2-3-6-14-8-4-5-11-9(7-8)10(12)13/h2-5,7H,6H2,1H3,(H,12,13). The van der Waals surface area contributed by atoms with Crippen molar-refractivity contribution in [3.05, 3.63) is 36.2 Å². The molecule has 0 saturated heterocycles. The zero-order chi connectivity index (χ0) is 10.4. The molecule has 0 aromatic carbocycles. The second kappa shape index (κ2) is 5.01. The van der Waals surface area contributed by atoms with Gasteiger partial charge in [0.05, 0.1) is 0 Å². The third kappa shape index (κ3) is 2.90. The van der Waals surface area contributed by atoms with E-state index in [1.165, 1.54) is 12.3 Å². The Kier molecular flexibility index (Phi) is 3.67. The maximum atomic E-state index is 10.6. The van der Waals surface area contributed by atoms with E-state index in [9.17, 15) is 4.79 Å². The molecule has 4 nitrogen and oxygen atoms in total. The monoisotopic (exact) mass is 193 g/mol. The number of aromatic nitrogens is 1. The molecule has 1 heterocycles. The molecule has 0 aliphatic rings. The maximum Gasteiger partial charge on any atom is 0.354 e. The number of ether oxygens (including phenoxy) is 1. The molecule has 1 rings (SSSR count). The number of aromatic carboxylic acids is 1. The summed E-state index contributed by atoms with van der Waals surface area (Å²) in [6.45, 7) is 2.32. The van der Waals surface area contributed by atoms with E-state index in [1.807, 2.05) is 19.1 Å². The van der Waals surface area contributed by atoms with E-state index in [-0.39, 0.29) is 5.69 Å². The molecular weight excluding hydrogens is 182 g/mol. The number of hydrogen-bond acceptors (Lipinski definition) is 3. The van der Waals surface area contributed by atoms with Crippen LogP contribution in [0.15, 0.2) is 30.5 Å². The van der Waals surface area contributed by atoms with Crippen molar-refractivity contribution in [1.29, 1.82) is 0 Å². The first kappa shape index (κ1) is 10.2. The number of nitrogens with zero attached hydrogens (tertiary/aromatic N) is 1. The zero-order valence-corrected chi connectivity index (χ0v) is 7.80. The summed E-state index contributed by atoms with van der Waals surface area (Å²) in [4.78, 5) is 14.2. The second-order valence-electron chi connectivity index (χ2n) is 2.56. The predicted octanol–water partition coefficient (Wildman–Crippen LogP) is 1.73. The minimum atomic E-state index is -1.05. The van der Waals surface area contributed by atoms with Crippen LogP contribution in [0, 0.1) is 0 Å². The van der Waals surface area contributed by atoms with Crippen LogP contribution in [0.5, 0.6) is 5.75 Å². The molecule has 0 atom stereocenters. The van der Waals surface area contributed by atoms with E-state index >= 15 is 0 Å². The summed E-state index contributed by atoms with van der Waals surface area (Å²) >= 11 is 0. The van der Waals surface area contributed by atoms with Crippen LogP contribution < -0.4 is 4.74 Å². The summed E-state index contributed by atoms with van der Waals surface area (Å²) in [7, 11) is 0. The number of hydrogen-bond donors (Lipinski definition) is 1. The van der Waals surface area contributed by atoms with Crippen molar-refractivity contribution >= 4 is 5.97 Å². The Morgan fingerprint density at radius 1 is 1.71 bits per heavy atom. The average Bonchev–Trinajstić information content (AvgIpc) is 2.19. The van der Waals surface area contributed by atoms with Crippen LogP contribution in [-0.4, -0.2) is 22.7 Å². The number of carboxylic acids is 1. The lowest BCUT2D eigenvalue weighted by atomic mass is 10.3. The van der Waals surface area contributed by atoms with Crippen molar-refractivity contribution in [2.24, 2.45) is 0 Å². The first-order chi connectivity index (χ1) is 6.74. The highest BCUT2D eigenvalue weighted by molar-refractivity contribution is 5.85. The summed E-state index contributed by atoms with van der Waals surface area (Å²) in [5.74, 6) is -0.544. The third-order valence-electron chi connectivity index (χ3n) is 1.53. The fraction of sp³-hybridized carbons (Fsp3) is 0.200. The van der Waals surface area contributed by atoms with Gasteiger partial charge in [-0.05, 0) is 13.0 Å². The summed E-state index contributed by atoms with van der Waals surface area (Å²) in [6, 6.07) is 3.02. The van der Waals surface area contributed by atoms with Gasteiger partial charge in [-0.3, -0.25) is 0 Å². The van der Waals surface area contributed by atoms with E-state index < -0.39 is 5.97 Å². The maximum absolute atomic E-state index is 10.6. The summed E-state index contributed by atoms with van der Waals surface area (Å²) in [6.07, 6.45) is 5.11. The average molecular weight is 193 g/mol. The molecule has 1 aromatic rings. The van der Waals surface area contributed by atoms with E-state index in [0.29, 0.717) is 12.4 Å². The fourth-order valence-electron chi connectivity index (χ4n) is 0.858. The van der Waals surface area contributed by atoms with Gasteiger partial charge in [0.1, 0.15) is 12.4 Å². The normalized spacial score (nSPS) is 10.4. The molecule has 0 aliphatic heterocycles. The van der Waals surface area contributed by atoms with Crippen molar-refractivity contribution in [1.82, 2.24) is 4.98 Å². The quantitative estimate of drug-likeness (QED) is 0.740. The zero-order valence-electron chi connectivity index (χ0n) is 7.80. The van der Waals surface area contributed by atoms with Crippen molar-refractivity contribution in [2.45, 2.75) is 6.92 Å². The molecule has 0 spiro atoms. The van der Waals surface area contributed by atoms with Gasteiger partial charge < -0.3 is 9.84 Å². The minimum Gasteiger partial charge on any atom is -0.489 e. The second-order valence-corrected chi connectivity index (χ2v) is 2.56. The molecule has 0 bridgehead atoms. The lowest BCUT2D eigenvalue weighted by molar-refractivity contribution is 0.0690. The van der Waals surface area contributed by atoms with Crippen molar-refractivity contribution in [3.8, 4) is 5.75 Å². The van der Waals surface area contributed by atoms with Crippen LogP contribution in [0.3, 0.4) is 0 Å². The van der Waals surface area contributed by atoms with Gasteiger partial charge in [0.15, 0.2) is 5.69 Å². The highest BCUT2D eigenvalue weighted by Gasteiger charge is 2.04. The Morgan fingerprint density at radius 3 is 3.14 bits per heavy atom. The van der Waals surface area contributed by atoms with Crippen LogP contribution in [0.2, 0.25) is 0 Å².